The molecule has 1 aromatic carbocycles. The molecule has 1 aliphatic heterocycles. The molecule has 96 valence electrons. The van der Waals surface area contributed by atoms with E-state index in [1.54, 1.807) is 0 Å². The summed E-state index contributed by atoms with van der Waals surface area (Å²) >= 11 is 0. The second-order valence-corrected chi connectivity index (χ2v) is 5.33. The fourth-order valence-corrected chi connectivity index (χ4v) is 2.99. The Morgan fingerprint density at radius 2 is 2.28 bits per heavy atom. The third kappa shape index (κ3) is 2.27. The molecular weight excluding hydrogens is 228 g/mol. The number of benzene rings is 1. The lowest BCUT2D eigenvalue weighted by Gasteiger charge is -2.24. The van der Waals surface area contributed by atoms with Gasteiger partial charge in [0.2, 0.25) is 0 Å². The van der Waals surface area contributed by atoms with Crippen molar-refractivity contribution in [2.24, 2.45) is 5.92 Å². The number of carboxylic acid groups (broad SMARTS) is 1. The van der Waals surface area contributed by atoms with Crippen LogP contribution in [0.1, 0.15) is 41.9 Å². The Hall–Kier alpha value is -1.35. The Morgan fingerprint density at radius 1 is 1.44 bits per heavy atom. The van der Waals surface area contributed by atoms with Crippen molar-refractivity contribution in [2.75, 3.05) is 6.61 Å². The number of carbonyl (C=O) groups is 1. The molecule has 0 spiro atoms. The van der Waals surface area contributed by atoms with Crippen molar-refractivity contribution in [1.82, 2.24) is 0 Å². The number of aliphatic carboxylic acids is 1. The highest BCUT2D eigenvalue weighted by atomic mass is 16.5. The van der Waals surface area contributed by atoms with Gasteiger partial charge in [0, 0.05) is 0 Å². The second kappa shape index (κ2) is 4.73. The number of carboxylic acids is 1. The second-order valence-electron chi connectivity index (χ2n) is 5.33. The highest BCUT2D eigenvalue weighted by Crippen LogP contribution is 2.46. The molecule has 0 radical (unpaired) electrons. The zero-order chi connectivity index (χ0) is 12.5. The molecular formula is C15H18O3. The van der Waals surface area contributed by atoms with Gasteiger partial charge in [0.05, 0.1) is 19.6 Å². The van der Waals surface area contributed by atoms with Crippen LogP contribution >= 0.6 is 0 Å². The lowest BCUT2D eigenvalue weighted by Crippen LogP contribution is -2.16. The lowest BCUT2D eigenvalue weighted by molar-refractivity contribution is -0.137. The lowest BCUT2D eigenvalue weighted by atomic mass is 9.85. The maximum Gasteiger partial charge on any atom is 0.303 e. The van der Waals surface area contributed by atoms with Gasteiger partial charge in [-0.05, 0) is 47.8 Å². The van der Waals surface area contributed by atoms with E-state index in [9.17, 15) is 4.79 Å². The first kappa shape index (κ1) is 11.7. The number of rotatable bonds is 4. The summed E-state index contributed by atoms with van der Waals surface area (Å²) in [6.07, 6.45) is 3.54. The van der Waals surface area contributed by atoms with Gasteiger partial charge in [0.1, 0.15) is 0 Å². The predicted octanol–water partition coefficient (Wildman–Crippen LogP) is 2.73. The maximum atomic E-state index is 11.1. The highest BCUT2D eigenvalue weighted by Gasteiger charge is 2.35. The van der Waals surface area contributed by atoms with Crippen LogP contribution in [0.4, 0.5) is 0 Å². The summed E-state index contributed by atoms with van der Waals surface area (Å²) in [5, 5.41) is 9.09. The molecule has 0 aromatic heterocycles. The molecule has 3 heteroatoms. The maximum absolute atomic E-state index is 11.1. The fourth-order valence-electron chi connectivity index (χ4n) is 2.99. The minimum atomic E-state index is -0.693. The molecule has 2 aliphatic rings. The van der Waals surface area contributed by atoms with Crippen LogP contribution in [0.3, 0.4) is 0 Å². The Bertz CT molecular complexity index is 463. The summed E-state index contributed by atoms with van der Waals surface area (Å²) in [7, 11) is 0. The Labute approximate surface area is 107 Å². The first-order chi connectivity index (χ1) is 8.75. The van der Waals surface area contributed by atoms with E-state index >= 15 is 0 Å². The molecule has 1 aliphatic carbocycles. The normalized spacial score (nSPS) is 20.2. The summed E-state index contributed by atoms with van der Waals surface area (Å²) in [6, 6.07) is 6.31. The molecule has 18 heavy (non-hydrogen) atoms. The van der Waals surface area contributed by atoms with Crippen LogP contribution in [0.5, 0.6) is 0 Å². The zero-order valence-electron chi connectivity index (χ0n) is 10.4. The monoisotopic (exact) mass is 246 g/mol. The first-order valence-corrected chi connectivity index (χ1v) is 6.66. The van der Waals surface area contributed by atoms with Crippen LogP contribution in [-0.4, -0.2) is 17.7 Å². The van der Waals surface area contributed by atoms with Crippen LogP contribution in [-0.2, 0) is 22.6 Å². The van der Waals surface area contributed by atoms with Crippen LogP contribution in [0.15, 0.2) is 18.2 Å². The van der Waals surface area contributed by atoms with Gasteiger partial charge in [-0.3, -0.25) is 4.79 Å². The van der Waals surface area contributed by atoms with Crippen LogP contribution in [0, 0.1) is 5.92 Å². The molecule has 1 fully saturated rings. The number of hydrogen-bond donors (Lipinski definition) is 1. The number of ether oxygens (including phenoxy) is 1. The molecule has 0 saturated heterocycles. The van der Waals surface area contributed by atoms with Crippen molar-refractivity contribution in [3.63, 3.8) is 0 Å². The van der Waals surface area contributed by atoms with Crippen molar-refractivity contribution < 1.29 is 14.6 Å². The minimum Gasteiger partial charge on any atom is -0.481 e. The van der Waals surface area contributed by atoms with E-state index in [1.165, 1.54) is 29.5 Å². The Kier molecular flexibility index (Phi) is 3.08. The summed E-state index contributed by atoms with van der Waals surface area (Å²) in [5.41, 5.74) is 3.81. The molecule has 1 atom stereocenters. The number of fused-ring (bicyclic) bond motifs is 1. The van der Waals surface area contributed by atoms with E-state index in [-0.39, 0.29) is 12.3 Å². The molecule has 0 amide bonds. The predicted molar refractivity (Wildman–Crippen MR) is 67.5 cm³/mol. The third-order valence-corrected chi connectivity index (χ3v) is 4.06. The van der Waals surface area contributed by atoms with E-state index in [2.05, 4.69) is 18.2 Å². The summed E-state index contributed by atoms with van der Waals surface area (Å²) in [5.74, 6) is 0.0508. The van der Waals surface area contributed by atoms with E-state index in [0.717, 1.165) is 13.0 Å². The summed E-state index contributed by atoms with van der Waals surface area (Å²) in [6.45, 7) is 1.43. The van der Waals surface area contributed by atoms with Crippen LogP contribution in [0.25, 0.3) is 0 Å². The van der Waals surface area contributed by atoms with Crippen molar-refractivity contribution in [1.29, 1.82) is 0 Å². The zero-order valence-corrected chi connectivity index (χ0v) is 10.4. The van der Waals surface area contributed by atoms with Crippen molar-refractivity contribution >= 4 is 5.97 Å². The first-order valence-electron chi connectivity index (χ1n) is 6.66. The average molecular weight is 246 g/mol. The van der Waals surface area contributed by atoms with Gasteiger partial charge in [-0.1, -0.05) is 18.2 Å². The Morgan fingerprint density at radius 3 is 3.00 bits per heavy atom. The fraction of sp³-hybridized carbons (Fsp3) is 0.533. The van der Waals surface area contributed by atoms with Gasteiger partial charge >= 0.3 is 5.97 Å². The summed E-state index contributed by atoms with van der Waals surface area (Å²) < 4.78 is 5.54. The highest BCUT2D eigenvalue weighted by molar-refractivity contribution is 5.68. The third-order valence-electron chi connectivity index (χ3n) is 4.06. The molecule has 1 aromatic rings. The van der Waals surface area contributed by atoms with Gasteiger partial charge in [-0.25, -0.2) is 0 Å². The van der Waals surface area contributed by atoms with E-state index in [0.29, 0.717) is 12.5 Å². The van der Waals surface area contributed by atoms with Crippen LogP contribution in [0.2, 0.25) is 0 Å². The summed E-state index contributed by atoms with van der Waals surface area (Å²) in [4.78, 5) is 11.1. The van der Waals surface area contributed by atoms with Gasteiger partial charge < -0.3 is 9.84 Å². The largest absolute Gasteiger partial charge is 0.481 e. The topological polar surface area (TPSA) is 46.5 Å². The van der Waals surface area contributed by atoms with Crippen LogP contribution < -0.4 is 0 Å². The van der Waals surface area contributed by atoms with Crippen molar-refractivity contribution in [3.05, 3.63) is 34.9 Å². The molecule has 3 rings (SSSR count). The van der Waals surface area contributed by atoms with E-state index in [1.807, 2.05) is 0 Å². The standard InChI is InChI=1S/C15H18O3/c16-15(17)8-13(11-4-5-11)12-3-1-2-10-6-7-18-9-14(10)12/h1-3,11,13H,4-9H2,(H,16,17). The average Bonchev–Trinajstić information content (AvgIpc) is 3.19. The Balaban J connectivity index is 1.95. The van der Waals surface area contributed by atoms with Gasteiger partial charge in [-0.2, -0.15) is 0 Å². The van der Waals surface area contributed by atoms with Gasteiger partial charge in [-0.15, -0.1) is 0 Å². The molecule has 1 N–H and O–H groups in total. The van der Waals surface area contributed by atoms with E-state index < -0.39 is 5.97 Å². The molecule has 1 heterocycles. The van der Waals surface area contributed by atoms with E-state index in [4.69, 9.17) is 9.84 Å². The van der Waals surface area contributed by atoms with Crippen molar-refractivity contribution in [3.8, 4) is 0 Å². The van der Waals surface area contributed by atoms with Gasteiger partial charge in [0.25, 0.3) is 0 Å². The number of hydrogen-bond acceptors (Lipinski definition) is 2. The molecule has 1 unspecified atom stereocenters. The van der Waals surface area contributed by atoms with Crippen molar-refractivity contribution in [2.45, 2.75) is 38.2 Å². The molecule has 1 saturated carbocycles. The molecule has 3 nitrogen and oxygen atoms in total. The smallest absolute Gasteiger partial charge is 0.303 e. The van der Waals surface area contributed by atoms with Gasteiger partial charge in [0.15, 0.2) is 0 Å². The quantitative estimate of drug-likeness (QED) is 0.888. The molecule has 0 bridgehead atoms. The minimum absolute atomic E-state index is 0.180. The SMILES string of the molecule is O=C(O)CC(c1cccc2c1COCC2)C1CC1.